The molecule has 1 aliphatic carbocycles. The predicted octanol–water partition coefficient (Wildman–Crippen LogP) is 5.76. The van der Waals surface area contributed by atoms with Gasteiger partial charge in [-0.15, -0.1) is 23.1 Å². The first kappa shape index (κ1) is 19.0. The molecule has 6 heteroatoms. The summed E-state index contributed by atoms with van der Waals surface area (Å²) in [6.45, 7) is 3.77. The zero-order valence-electron chi connectivity index (χ0n) is 16.0. The maximum atomic E-state index is 13.2. The van der Waals surface area contributed by atoms with Gasteiger partial charge in [-0.2, -0.15) is 0 Å². The highest BCUT2D eigenvalue weighted by Crippen LogP contribution is 2.46. The Balaban J connectivity index is 1.29. The summed E-state index contributed by atoms with van der Waals surface area (Å²) < 4.78 is 0. The van der Waals surface area contributed by atoms with E-state index in [9.17, 15) is 4.79 Å². The number of hydrogen-bond donors (Lipinski definition) is 0. The van der Waals surface area contributed by atoms with Crippen LogP contribution in [0.5, 0.6) is 0 Å². The Bertz CT molecular complexity index is 883. The van der Waals surface area contributed by atoms with Crippen molar-refractivity contribution in [1.29, 1.82) is 0 Å². The van der Waals surface area contributed by atoms with E-state index in [2.05, 4.69) is 21.9 Å². The van der Waals surface area contributed by atoms with Crippen molar-refractivity contribution in [3.63, 3.8) is 0 Å². The van der Waals surface area contributed by atoms with Crippen LogP contribution in [-0.2, 0) is 5.75 Å². The number of piperazine rings is 1. The summed E-state index contributed by atoms with van der Waals surface area (Å²) in [5.41, 5.74) is 2.51. The highest BCUT2D eigenvalue weighted by Gasteiger charge is 2.29. The van der Waals surface area contributed by atoms with Crippen molar-refractivity contribution in [3.8, 4) is 10.4 Å². The van der Waals surface area contributed by atoms with Crippen LogP contribution in [0.1, 0.15) is 47.3 Å². The van der Waals surface area contributed by atoms with Crippen LogP contribution in [0.2, 0.25) is 5.02 Å². The lowest BCUT2D eigenvalue weighted by Crippen LogP contribution is -2.52. The van der Waals surface area contributed by atoms with Gasteiger partial charge in [0.15, 0.2) is 0 Å². The molecule has 1 saturated carbocycles. The molecule has 0 bridgehead atoms. The summed E-state index contributed by atoms with van der Waals surface area (Å²) in [6, 6.07) is 8.95. The van der Waals surface area contributed by atoms with Crippen LogP contribution in [-0.4, -0.2) is 47.9 Å². The molecule has 0 radical (unpaired) electrons. The van der Waals surface area contributed by atoms with E-state index < -0.39 is 0 Å². The standard InChI is InChI=1S/C22H25ClN2OS2/c23-16-6-7-18-19(13-16)27-14-15-12-20(28-21(15)18)22(26)25-10-8-24(9-11-25)17-4-2-1-3-5-17/h6-7,12-13,17H,1-5,8-11,14H2. The van der Waals surface area contributed by atoms with Crippen molar-refractivity contribution in [2.45, 2.75) is 48.8 Å². The van der Waals surface area contributed by atoms with Crippen molar-refractivity contribution >= 4 is 40.6 Å². The number of thioether (sulfide) groups is 1. The van der Waals surface area contributed by atoms with Crippen LogP contribution in [0.15, 0.2) is 29.2 Å². The predicted molar refractivity (Wildman–Crippen MR) is 119 cm³/mol. The minimum Gasteiger partial charge on any atom is -0.335 e. The molecule has 0 N–H and O–H groups in total. The van der Waals surface area contributed by atoms with Gasteiger partial charge in [0.05, 0.1) is 4.88 Å². The lowest BCUT2D eigenvalue weighted by atomic mass is 9.94. The molecule has 3 heterocycles. The van der Waals surface area contributed by atoms with Crippen molar-refractivity contribution < 1.29 is 4.79 Å². The van der Waals surface area contributed by atoms with Gasteiger partial charge in [0.1, 0.15) is 0 Å². The fraction of sp³-hybridized carbons (Fsp3) is 0.500. The zero-order valence-corrected chi connectivity index (χ0v) is 18.3. The minimum atomic E-state index is 0.211. The Morgan fingerprint density at radius 2 is 1.82 bits per heavy atom. The number of carbonyl (C=O) groups is 1. The van der Waals surface area contributed by atoms with Crippen LogP contribution in [0.25, 0.3) is 10.4 Å². The fourth-order valence-corrected chi connectivity index (χ4v) is 7.38. The Labute approximate surface area is 180 Å². The summed E-state index contributed by atoms with van der Waals surface area (Å²) in [7, 11) is 0. The van der Waals surface area contributed by atoms with E-state index in [1.807, 2.05) is 23.9 Å². The molecule has 0 atom stereocenters. The van der Waals surface area contributed by atoms with E-state index in [4.69, 9.17) is 11.6 Å². The van der Waals surface area contributed by atoms with Gasteiger partial charge < -0.3 is 4.90 Å². The summed E-state index contributed by atoms with van der Waals surface area (Å²) in [6.07, 6.45) is 6.81. The quantitative estimate of drug-likeness (QED) is 0.602. The normalized spacial score (nSPS) is 20.7. The van der Waals surface area contributed by atoms with Crippen molar-refractivity contribution in [2.75, 3.05) is 26.2 Å². The second-order valence-electron chi connectivity index (χ2n) is 8.01. The van der Waals surface area contributed by atoms with Crippen LogP contribution < -0.4 is 0 Å². The van der Waals surface area contributed by atoms with E-state index >= 15 is 0 Å². The number of halogens is 1. The monoisotopic (exact) mass is 432 g/mol. The molecule has 3 nitrogen and oxygen atoms in total. The maximum Gasteiger partial charge on any atom is 0.264 e. The van der Waals surface area contributed by atoms with Crippen LogP contribution in [0, 0.1) is 0 Å². The van der Waals surface area contributed by atoms with Crippen molar-refractivity contribution in [2.24, 2.45) is 0 Å². The smallest absolute Gasteiger partial charge is 0.264 e. The third kappa shape index (κ3) is 3.62. The zero-order chi connectivity index (χ0) is 19.1. The van der Waals surface area contributed by atoms with Crippen molar-refractivity contribution in [1.82, 2.24) is 9.80 Å². The molecule has 2 aliphatic heterocycles. The third-order valence-electron chi connectivity index (χ3n) is 6.28. The summed E-state index contributed by atoms with van der Waals surface area (Å²) in [5.74, 6) is 1.13. The molecular weight excluding hydrogens is 408 g/mol. The first-order valence-corrected chi connectivity index (χ1v) is 12.5. The molecule has 1 amide bonds. The van der Waals surface area contributed by atoms with Crippen LogP contribution >= 0.6 is 34.7 Å². The molecule has 1 aromatic carbocycles. The van der Waals surface area contributed by atoms with Gasteiger partial charge in [0, 0.05) is 58.3 Å². The molecular formula is C22H25ClN2OS2. The van der Waals surface area contributed by atoms with Crippen molar-refractivity contribution in [3.05, 3.63) is 39.7 Å². The topological polar surface area (TPSA) is 23.6 Å². The molecule has 5 rings (SSSR count). The van der Waals surface area contributed by atoms with E-state index in [1.54, 1.807) is 11.3 Å². The largest absolute Gasteiger partial charge is 0.335 e. The number of rotatable bonds is 2. The van der Waals surface area contributed by atoms with Gasteiger partial charge >= 0.3 is 0 Å². The molecule has 2 fully saturated rings. The molecule has 0 spiro atoms. The van der Waals surface area contributed by atoms with E-state index in [0.29, 0.717) is 0 Å². The second-order valence-corrected chi connectivity index (χ2v) is 10.5. The number of fused-ring (bicyclic) bond motifs is 3. The highest BCUT2D eigenvalue weighted by atomic mass is 35.5. The summed E-state index contributed by atoms with van der Waals surface area (Å²) in [4.78, 5) is 21.2. The Morgan fingerprint density at radius 3 is 2.61 bits per heavy atom. The molecule has 1 aromatic heterocycles. The molecule has 2 aromatic rings. The molecule has 1 saturated heterocycles. The fourth-order valence-electron chi connectivity index (χ4n) is 4.72. The van der Waals surface area contributed by atoms with Crippen LogP contribution in [0.4, 0.5) is 0 Å². The number of nitrogens with zero attached hydrogens (tertiary/aromatic N) is 2. The number of hydrogen-bond acceptors (Lipinski definition) is 4. The van der Waals surface area contributed by atoms with Gasteiger partial charge in [0.2, 0.25) is 0 Å². The van der Waals surface area contributed by atoms with Gasteiger partial charge in [-0.3, -0.25) is 9.69 Å². The Morgan fingerprint density at radius 1 is 1.04 bits per heavy atom. The van der Waals surface area contributed by atoms with E-state index in [-0.39, 0.29) is 5.91 Å². The van der Waals surface area contributed by atoms with E-state index in [1.165, 1.54) is 53.0 Å². The van der Waals surface area contributed by atoms with Gasteiger partial charge in [-0.1, -0.05) is 36.9 Å². The number of carbonyl (C=O) groups excluding carboxylic acids is 1. The molecule has 0 unspecified atom stereocenters. The Hall–Kier alpha value is -1.01. The molecule has 148 valence electrons. The lowest BCUT2D eigenvalue weighted by molar-refractivity contribution is 0.0527. The maximum absolute atomic E-state index is 13.2. The van der Waals surface area contributed by atoms with Crippen LogP contribution in [0.3, 0.4) is 0 Å². The highest BCUT2D eigenvalue weighted by molar-refractivity contribution is 7.98. The molecule has 28 heavy (non-hydrogen) atoms. The average molecular weight is 433 g/mol. The minimum absolute atomic E-state index is 0.211. The average Bonchev–Trinajstić information content (AvgIpc) is 3.18. The number of benzene rings is 1. The summed E-state index contributed by atoms with van der Waals surface area (Å²) in [5, 5.41) is 0.776. The second kappa shape index (κ2) is 8.02. The first-order valence-electron chi connectivity index (χ1n) is 10.3. The SMILES string of the molecule is O=C(c1cc2c(s1)-c1ccc(Cl)cc1SC2)N1CCN(C2CCCCC2)CC1. The first-order chi connectivity index (χ1) is 13.7. The number of amides is 1. The van der Waals surface area contributed by atoms with Gasteiger partial charge in [-0.25, -0.2) is 0 Å². The Kier molecular flexibility index (Phi) is 5.44. The lowest BCUT2D eigenvalue weighted by Gasteiger charge is -2.40. The molecule has 3 aliphatic rings. The third-order valence-corrected chi connectivity index (χ3v) is 8.82. The van der Waals surface area contributed by atoms with E-state index in [0.717, 1.165) is 47.9 Å². The van der Waals surface area contributed by atoms with Gasteiger partial charge in [0.25, 0.3) is 5.91 Å². The van der Waals surface area contributed by atoms with Gasteiger partial charge in [-0.05, 0) is 36.6 Å². The summed E-state index contributed by atoms with van der Waals surface area (Å²) >= 11 is 9.62. The number of thiophene rings is 1.